The maximum Gasteiger partial charge on any atom is 0.301 e. The third-order valence-corrected chi connectivity index (χ3v) is 3.06. The van der Waals surface area contributed by atoms with Gasteiger partial charge in [-0.25, -0.2) is 0 Å². The molecule has 0 aliphatic rings. The van der Waals surface area contributed by atoms with Gasteiger partial charge in [-0.3, -0.25) is 25.7 Å². The lowest BCUT2D eigenvalue weighted by Crippen LogP contribution is -2.07. The molecular weight excluding hydrogens is 328 g/mol. The molecule has 1 N–H and O–H groups in total. The van der Waals surface area contributed by atoms with E-state index in [1.807, 2.05) is 26.0 Å². The Balaban J connectivity index is 2.23. The molecule has 0 aromatic heterocycles. The summed E-state index contributed by atoms with van der Waals surface area (Å²) in [6.45, 7) is 3.79. The molecule has 0 saturated carbocycles. The van der Waals surface area contributed by atoms with E-state index in [1.165, 1.54) is 18.3 Å². The number of rotatable bonds is 7. The van der Waals surface area contributed by atoms with Gasteiger partial charge in [-0.05, 0) is 32.0 Å². The maximum atomic E-state index is 11.1. The number of anilines is 1. The Bertz CT molecular complexity index is 820. The number of nitro benzene ring substituents is 2. The number of ether oxygens (including phenoxy) is 1. The van der Waals surface area contributed by atoms with Crippen molar-refractivity contribution in [2.24, 2.45) is 5.10 Å². The van der Waals surface area contributed by atoms with Crippen LogP contribution in [0.1, 0.15) is 19.4 Å². The van der Waals surface area contributed by atoms with Crippen molar-refractivity contribution in [2.75, 3.05) is 5.43 Å². The van der Waals surface area contributed by atoms with Gasteiger partial charge in [0.2, 0.25) is 0 Å². The van der Waals surface area contributed by atoms with Gasteiger partial charge < -0.3 is 4.74 Å². The van der Waals surface area contributed by atoms with E-state index in [0.717, 1.165) is 6.07 Å². The van der Waals surface area contributed by atoms with Crippen molar-refractivity contribution in [1.82, 2.24) is 0 Å². The minimum Gasteiger partial charge on any atom is -0.490 e. The molecule has 25 heavy (non-hydrogen) atoms. The van der Waals surface area contributed by atoms with E-state index in [-0.39, 0.29) is 17.5 Å². The molecule has 0 aliphatic heterocycles. The molecule has 0 saturated heterocycles. The molecule has 2 aromatic carbocycles. The summed E-state index contributed by atoms with van der Waals surface area (Å²) in [6.07, 6.45) is 1.45. The van der Waals surface area contributed by atoms with E-state index < -0.39 is 15.5 Å². The molecule has 0 fully saturated rings. The van der Waals surface area contributed by atoms with Gasteiger partial charge in [0, 0.05) is 11.6 Å². The minimum absolute atomic E-state index is 0.0155. The SMILES string of the molecule is CC(C)Oc1ccccc1/C=N/Nc1ccc([N+](=O)[O-])cc1[N+](=O)[O-]. The lowest BCUT2D eigenvalue weighted by atomic mass is 10.2. The van der Waals surface area contributed by atoms with Crippen molar-refractivity contribution in [3.8, 4) is 5.75 Å². The minimum atomic E-state index is -0.708. The molecule has 0 bridgehead atoms. The highest BCUT2D eigenvalue weighted by molar-refractivity contribution is 5.84. The summed E-state index contributed by atoms with van der Waals surface area (Å²) < 4.78 is 5.65. The lowest BCUT2D eigenvalue weighted by molar-refractivity contribution is -0.393. The second kappa shape index (κ2) is 7.86. The Kier molecular flexibility index (Phi) is 5.62. The van der Waals surface area contributed by atoms with Crippen LogP contribution in [0.3, 0.4) is 0 Å². The van der Waals surface area contributed by atoms with E-state index in [1.54, 1.807) is 12.1 Å². The van der Waals surface area contributed by atoms with E-state index >= 15 is 0 Å². The molecule has 0 unspecified atom stereocenters. The average molecular weight is 344 g/mol. The molecule has 9 heteroatoms. The van der Waals surface area contributed by atoms with Crippen LogP contribution in [0.5, 0.6) is 5.75 Å². The number of nitrogens with zero attached hydrogens (tertiary/aromatic N) is 3. The van der Waals surface area contributed by atoms with Crippen molar-refractivity contribution in [2.45, 2.75) is 20.0 Å². The van der Waals surface area contributed by atoms with Crippen molar-refractivity contribution in [3.63, 3.8) is 0 Å². The first-order valence-corrected chi connectivity index (χ1v) is 7.36. The fourth-order valence-electron chi connectivity index (χ4n) is 2.00. The normalized spacial score (nSPS) is 10.8. The summed E-state index contributed by atoms with van der Waals surface area (Å²) in [4.78, 5) is 20.4. The number of nitrogens with one attached hydrogen (secondary N) is 1. The van der Waals surface area contributed by atoms with E-state index in [0.29, 0.717) is 11.3 Å². The van der Waals surface area contributed by atoms with Crippen molar-refractivity contribution in [3.05, 3.63) is 68.3 Å². The van der Waals surface area contributed by atoms with Crippen LogP contribution in [-0.2, 0) is 0 Å². The Labute approximate surface area is 143 Å². The van der Waals surface area contributed by atoms with Gasteiger partial charge in [0.05, 0.1) is 28.2 Å². The maximum absolute atomic E-state index is 11.1. The Morgan fingerprint density at radius 2 is 1.84 bits per heavy atom. The highest BCUT2D eigenvalue weighted by atomic mass is 16.6. The zero-order chi connectivity index (χ0) is 18.4. The fourth-order valence-corrected chi connectivity index (χ4v) is 2.00. The van der Waals surface area contributed by atoms with Gasteiger partial charge in [0.15, 0.2) is 0 Å². The van der Waals surface area contributed by atoms with E-state index in [4.69, 9.17) is 4.74 Å². The number of para-hydroxylation sites is 1. The quantitative estimate of drug-likeness (QED) is 0.464. The van der Waals surface area contributed by atoms with Gasteiger partial charge >= 0.3 is 5.69 Å². The second-order valence-electron chi connectivity index (χ2n) is 5.29. The molecule has 0 heterocycles. The van der Waals surface area contributed by atoms with Crippen LogP contribution in [0.4, 0.5) is 17.1 Å². The third kappa shape index (κ3) is 4.74. The molecule has 0 atom stereocenters. The number of hydrazone groups is 1. The number of hydrogen-bond donors (Lipinski definition) is 1. The zero-order valence-electron chi connectivity index (χ0n) is 13.6. The van der Waals surface area contributed by atoms with Gasteiger partial charge in [0.25, 0.3) is 5.69 Å². The summed E-state index contributed by atoms with van der Waals surface area (Å²) in [7, 11) is 0. The van der Waals surface area contributed by atoms with Crippen LogP contribution in [0.25, 0.3) is 0 Å². The molecular formula is C16H16N4O5. The summed E-state index contributed by atoms with van der Waals surface area (Å²) in [5.74, 6) is 0.626. The molecule has 0 aliphatic carbocycles. The summed E-state index contributed by atoms with van der Waals surface area (Å²) in [6, 6.07) is 10.5. The molecule has 130 valence electrons. The molecule has 0 spiro atoms. The topological polar surface area (TPSA) is 120 Å². The average Bonchev–Trinajstić information content (AvgIpc) is 2.55. The van der Waals surface area contributed by atoms with Crippen LogP contribution in [-0.4, -0.2) is 22.2 Å². The third-order valence-electron chi connectivity index (χ3n) is 3.06. The van der Waals surface area contributed by atoms with Crippen LogP contribution in [0.15, 0.2) is 47.6 Å². The lowest BCUT2D eigenvalue weighted by Gasteiger charge is -2.11. The smallest absolute Gasteiger partial charge is 0.301 e. The number of benzene rings is 2. The predicted octanol–water partition coefficient (Wildman–Crippen LogP) is 3.74. The van der Waals surface area contributed by atoms with Crippen molar-refractivity contribution < 1.29 is 14.6 Å². The largest absolute Gasteiger partial charge is 0.490 e. The standard InChI is InChI=1S/C16H16N4O5/c1-11(2)25-16-6-4-3-5-12(16)10-17-18-14-8-7-13(19(21)22)9-15(14)20(23)24/h3-11,18H,1-2H3/b17-10+. The van der Waals surface area contributed by atoms with Gasteiger partial charge in [-0.15, -0.1) is 0 Å². The Morgan fingerprint density at radius 1 is 1.12 bits per heavy atom. The Morgan fingerprint density at radius 3 is 2.48 bits per heavy atom. The van der Waals surface area contributed by atoms with E-state index in [2.05, 4.69) is 10.5 Å². The van der Waals surface area contributed by atoms with Crippen molar-refractivity contribution >= 4 is 23.3 Å². The van der Waals surface area contributed by atoms with Gasteiger partial charge in [-0.2, -0.15) is 5.10 Å². The molecule has 2 aromatic rings. The van der Waals surface area contributed by atoms with Crippen molar-refractivity contribution in [1.29, 1.82) is 0 Å². The van der Waals surface area contributed by atoms with Crippen LogP contribution in [0.2, 0.25) is 0 Å². The molecule has 2 rings (SSSR count). The van der Waals surface area contributed by atoms with Gasteiger partial charge in [0.1, 0.15) is 11.4 Å². The predicted molar refractivity (Wildman–Crippen MR) is 93.2 cm³/mol. The summed E-state index contributed by atoms with van der Waals surface area (Å²) in [5.41, 5.74) is 2.48. The van der Waals surface area contributed by atoms with Gasteiger partial charge in [-0.1, -0.05) is 12.1 Å². The molecule has 0 amide bonds. The number of hydrogen-bond acceptors (Lipinski definition) is 7. The highest BCUT2D eigenvalue weighted by Gasteiger charge is 2.19. The van der Waals surface area contributed by atoms with Crippen LogP contribution in [0, 0.1) is 20.2 Å². The van der Waals surface area contributed by atoms with Crippen LogP contribution < -0.4 is 10.2 Å². The first kappa shape index (κ1) is 17.9. The van der Waals surface area contributed by atoms with E-state index in [9.17, 15) is 20.2 Å². The zero-order valence-corrected chi connectivity index (χ0v) is 13.6. The Hall–Kier alpha value is -3.49. The second-order valence-corrected chi connectivity index (χ2v) is 5.29. The molecule has 9 nitrogen and oxygen atoms in total. The summed E-state index contributed by atoms with van der Waals surface area (Å²) in [5, 5.41) is 25.8. The number of non-ortho nitro benzene ring substituents is 1. The highest BCUT2D eigenvalue weighted by Crippen LogP contribution is 2.29. The van der Waals surface area contributed by atoms with Crippen LogP contribution >= 0.6 is 0 Å². The first-order valence-electron chi connectivity index (χ1n) is 7.36. The molecule has 0 radical (unpaired) electrons. The fraction of sp³-hybridized carbons (Fsp3) is 0.188. The number of nitro groups is 2. The summed E-state index contributed by atoms with van der Waals surface area (Å²) >= 11 is 0. The first-order chi connectivity index (χ1) is 11.9. The monoisotopic (exact) mass is 344 g/mol.